The third kappa shape index (κ3) is 4.44. The van der Waals surface area contributed by atoms with Crippen LogP contribution in [0.3, 0.4) is 0 Å². The van der Waals surface area contributed by atoms with Crippen molar-refractivity contribution in [2.45, 2.75) is 45.6 Å². The van der Waals surface area contributed by atoms with Gasteiger partial charge in [-0.25, -0.2) is 0 Å². The second-order valence-corrected chi connectivity index (χ2v) is 9.63. The van der Waals surface area contributed by atoms with Crippen LogP contribution in [0.1, 0.15) is 44.6 Å². The van der Waals surface area contributed by atoms with E-state index in [2.05, 4.69) is 11.4 Å². The highest BCUT2D eigenvalue weighted by molar-refractivity contribution is 6.01. The van der Waals surface area contributed by atoms with Crippen molar-refractivity contribution in [3.05, 3.63) is 58.8 Å². The molecule has 8 nitrogen and oxygen atoms in total. The molecule has 0 saturated heterocycles. The number of nitrogens with zero attached hydrogens (tertiary/aromatic N) is 2. The van der Waals surface area contributed by atoms with Crippen LogP contribution in [-0.2, 0) is 25.6 Å². The minimum Gasteiger partial charge on any atom is -0.444 e. The standard InChI is InChI=1S/C26H30N4O4/c1-26(2)11-20(31)24-21(12-26)34-25(28)17(13-27)23(24)18-14-30(19-8-5-4-7-16(18)19)15-22(32)29-9-6-10-33-3/h4-5,7-8,14,23H,6,9-12,15,28H2,1-3H3,(H,29,32). The van der Waals surface area contributed by atoms with E-state index < -0.39 is 5.92 Å². The van der Waals surface area contributed by atoms with E-state index in [-0.39, 0.29) is 35.1 Å². The normalized spacial score (nSPS) is 19.6. The fourth-order valence-electron chi connectivity index (χ4n) is 4.89. The number of Topliss-reactive ketones (excluding diaryl/α,β-unsaturated/α-hetero) is 1. The molecule has 34 heavy (non-hydrogen) atoms. The first-order valence-corrected chi connectivity index (χ1v) is 11.4. The summed E-state index contributed by atoms with van der Waals surface area (Å²) in [7, 11) is 1.63. The van der Waals surface area contributed by atoms with Crippen LogP contribution in [0, 0.1) is 16.7 Å². The molecule has 1 aromatic carbocycles. The lowest BCUT2D eigenvalue weighted by molar-refractivity contribution is -0.121. The second-order valence-electron chi connectivity index (χ2n) is 9.63. The fraction of sp³-hybridized carbons (Fsp3) is 0.423. The van der Waals surface area contributed by atoms with Crippen LogP contribution in [0.15, 0.2) is 53.3 Å². The van der Waals surface area contributed by atoms with E-state index in [1.807, 2.05) is 48.9 Å². The number of fused-ring (bicyclic) bond motifs is 1. The molecule has 1 aromatic heterocycles. The summed E-state index contributed by atoms with van der Waals surface area (Å²) >= 11 is 0. The maximum atomic E-state index is 13.3. The van der Waals surface area contributed by atoms with E-state index in [1.165, 1.54) is 0 Å². The van der Waals surface area contributed by atoms with Crippen molar-refractivity contribution in [1.82, 2.24) is 9.88 Å². The van der Waals surface area contributed by atoms with Crippen molar-refractivity contribution >= 4 is 22.6 Å². The molecule has 0 saturated carbocycles. The Labute approximate surface area is 199 Å². The molecule has 0 radical (unpaired) electrons. The number of nitrogens with one attached hydrogen (secondary N) is 1. The smallest absolute Gasteiger partial charge is 0.239 e. The molecule has 1 aliphatic heterocycles. The Bertz CT molecular complexity index is 1250. The number of carbonyl (C=O) groups excluding carboxylic acids is 2. The highest BCUT2D eigenvalue weighted by Gasteiger charge is 2.43. The number of hydrogen-bond donors (Lipinski definition) is 2. The quantitative estimate of drug-likeness (QED) is 0.610. The first kappa shape index (κ1) is 23.6. The van der Waals surface area contributed by atoms with Crippen LogP contribution in [0.25, 0.3) is 10.9 Å². The number of benzene rings is 1. The largest absolute Gasteiger partial charge is 0.444 e. The zero-order chi connectivity index (χ0) is 24.5. The number of nitriles is 1. The molecule has 2 aromatic rings. The van der Waals surface area contributed by atoms with Gasteiger partial charge in [0.2, 0.25) is 11.8 Å². The predicted molar refractivity (Wildman–Crippen MR) is 127 cm³/mol. The number of ether oxygens (including phenoxy) is 2. The van der Waals surface area contributed by atoms with Gasteiger partial charge in [-0.15, -0.1) is 0 Å². The Morgan fingerprint density at radius 1 is 1.35 bits per heavy atom. The highest BCUT2D eigenvalue weighted by Crippen LogP contribution is 2.49. The molecule has 2 aliphatic rings. The Morgan fingerprint density at radius 2 is 2.12 bits per heavy atom. The van der Waals surface area contributed by atoms with Gasteiger partial charge in [-0.3, -0.25) is 9.59 Å². The van der Waals surface area contributed by atoms with Crippen molar-refractivity contribution < 1.29 is 19.1 Å². The lowest BCUT2D eigenvalue weighted by Crippen LogP contribution is -2.33. The van der Waals surface area contributed by atoms with E-state index in [4.69, 9.17) is 15.2 Å². The number of rotatable bonds is 7. The summed E-state index contributed by atoms with van der Waals surface area (Å²) in [6.07, 6.45) is 3.52. The first-order valence-electron chi connectivity index (χ1n) is 11.4. The molecule has 4 rings (SSSR count). The molecule has 0 fully saturated rings. The number of amides is 1. The van der Waals surface area contributed by atoms with Crippen LogP contribution in [0.4, 0.5) is 0 Å². The lowest BCUT2D eigenvalue weighted by Gasteiger charge is -2.37. The Kier molecular flexibility index (Phi) is 6.49. The van der Waals surface area contributed by atoms with Crippen molar-refractivity contribution in [2.24, 2.45) is 11.1 Å². The van der Waals surface area contributed by atoms with Gasteiger partial charge in [0.1, 0.15) is 23.9 Å². The van der Waals surface area contributed by atoms with Crippen LogP contribution in [0.5, 0.6) is 0 Å². The predicted octanol–water partition coefficient (Wildman–Crippen LogP) is 3.24. The van der Waals surface area contributed by atoms with E-state index in [0.29, 0.717) is 37.3 Å². The topological polar surface area (TPSA) is 119 Å². The van der Waals surface area contributed by atoms with Gasteiger partial charge in [0.15, 0.2) is 5.78 Å². The molecule has 2 heterocycles. The third-order valence-electron chi connectivity index (χ3n) is 6.37. The number of methoxy groups -OCH3 is 1. The zero-order valence-electron chi connectivity index (χ0n) is 19.8. The van der Waals surface area contributed by atoms with Crippen molar-refractivity contribution in [3.8, 4) is 6.07 Å². The van der Waals surface area contributed by atoms with Gasteiger partial charge in [0, 0.05) is 55.8 Å². The molecule has 1 aliphatic carbocycles. The summed E-state index contributed by atoms with van der Waals surface area (Å²) in [6, 6.07) is 9.85. The molecule has 3 N–H and O–H groups in total. The van der Waals surface area contributed by atoms with E-state index in [9.17, 15) is 14.9 Å². The van der Waals surface area contributed by atoms with E-state index in [0.717, 1.165) is 22.9 Å². The number of aromatic nitrogens is 1. The highest BCUT2D eigenvalue weighted by atomic mass is 16.5. The van der Waals surface area contributed by atoms with Gasteiger partial charge in [0.25, 0.3) is 0 Å². The molecule has 1 amide bonds. The summed E-state index contributed by atoms with van der Waals surface area (Å²) in [5, 5.41) is 13.7. The van der Waals surface area contributed by atoms with Crippen LogP contribution in [-0.4, -0.2) is 36.5 Å². The van der Waals surface area contributed by atoms with Crippen LogP contribution in [0.2, 0.25) is 0 Å². The van der Waals surface area contributed by atoms with Crippen molar-refractivity contribution in [1.29, 1.82) is 5.26 Å². The maximum absolute atomic E-state index is 13.3. The molecule has 8 heteroatoms. The number of nitrogens with two attached hydrogens (primary N) is 1. The van der Waals surface area contributed by atoms with Gasteiger partial charge >= 0.3 is 0 Å². The van der Waals surface area contributed by atoms with Crippen LogP contribution >= 0.6 is 0 Å². The summed E-state index contributed by atoms with van der Waals surface area (Å²) in [6.45, 7) is 5.25. The maximum Gasteiger partial charge on any atom is 0.239 e. The molecule has 0 bridgehead atoms. The van der Waals surface area contributed by atoms with Gasteiger partial charge in [-0.2, -0.15) is 5.26 Å². The summed E-state index contributed by atoms with van der Waals surface area (Å²) in [4.78, 5) is 25.9. The van der Waals surface area contributed by atoms with Crippen molar-refractivity contribution in [3.63, 3.8) is 0 Å². The van der Waals surface area contributed by atoms with E-state index in [1.54, 1.807) is 7.11 Å². The Balaban J connectivity index is 1.77. The van der Waals surface area contributed by atoms with Gasteiger partial charge in [0.05, 0.1) is 5.92 Å². The van der Waals surface area contributed by atoms with Crippen LogP contribution < -0.4 is 11.1 Å². The molecule has 1 unspecified atom stereocenters. The summed E-state index contributed by atoms with van der Waals surface area (Å²) in [5.74, 6) is -0.223. The van der Waals surface area contributed by atoms with Gasteiger partial charge < -0.3 is 25.1 Å². The molecule has 178 valence electrons. The summed E-state index contributed by atoms with van der Waals surface area (Å²) < 4.78 is 12.7. The average Bonchev–Trinajstić information content (AvgIpc) is 3.13. The van der Waals surface area contributed by atoms with Gasteiger partial charge in [-0.1, -0.05) is 32.0 Å². The zero-order valence-corrected chi connectivity index (χ0v) is 19.8. The SMILES string of the molecule is COCCCNC(=O)Cn1cc(C2C(C#N)=C(N)OC3=C2C(=O)CC(C)(C)C3)c2ccccc21. The number of carbonyl (C=O) groups is 2. The second kappa shape index (κ2) is 9.35. The monoisotopic (exact) mass is 462 g/mol. The van der Waals surface area contributed by atoms with E-state index >= 15 is 0 Å². The first-order chi connectivity index (χ1) is 16.3. The number of allylic oxidation sites excluding steroid dienone is 3. The third-order valence-corrected chi connectivity index (χ3v) is 6.37. The van der Waals surface area contributed by atoms with Gasteiger partial charge in [-0.05, 0) is 23.5 Å². The average molecular weight is 463 g/mol. The minimum atomic E-state index is -0.631. The number of para-hydroxylation sites is 1. The lowest BCUT2D eigenvalue weighted by atomic mass is 9.70. The minimum absolute atomic E-state index is 0.0319. The Morgan fingerprint density at radius 3 is 2.85 bits per heavy atom. The molecule has 0 spiro atoms. The summed E-state index contributed by atoms with van der Waals surface area (Å²) in [5.41, 5.74) is 8.26. The number of hydrogen-bond acceptors (Lipinski definition) is 6. The number of ketones is 1. The van der Waals surface area contributed by atoms with Crippen molar-refractivity contribution in [2.75, 3.05) is 20.3 Å². The molecule has 1 atom stereocenters. The fourth-order valence-corrected chi connectivity index (χ4v) is 4.89. The molecular weight excluding hydrogens is 432 g/mol. The molecular formula is C26H30N4O4. The Hall–Kier alpha value is -3.57.